The van der Waals surface area contributed by atoms with Crippen LogP contribution in [0.25, 0.3) is 21.9 Å². The average molecular weight is 261 g/mol. The highest BCUT2D eigenvalue weighted by atomic mass is 35.5. The van der Waals surface area contributed by atoms with Crippen molar-refractivity contribution in [3.8, 4) is 0 Å². The van der Waals surface area contributed by atoms with E-state index in [9.17, 15) is 4.79 Å². The van der Waals surface area contributed by atoms with Gasteiger partial charge in [0.05, 0.1) is 0 Å². The maximum Gasteiger partial charge on any atom is 0.326 e. The van der Waals surface area contributed by atoms with Gasteiger partial charge in [0.15, 0.2) is 5.38 Å². The summed E-state index contributed by atoms with van der Waals surface area (Å²) in [5.74, 6) is -1.08. The molecular formula is C14H9ClO3. The summed E-state index contributed by atoms with van der Waals surface area (Å²) >= 11 is 5.89. The first-order valence-electron chi connectivity index (χ1n) is 5.45. The molecule has 0 fully saturated rings. The molecule has 0 bridgehead atoms. The SMILES string of the molecule is O=C(O)C(Cl)c1cccc2c1oc1ccccc12. The van der Waals surface area contributed by atoms with Gasteiger partial charge in [-0.3, -0.25) is 4.79 Å². The van der Waals surface area contributed by atoms with Crippen molar-refractivity contribution in [2.45, 2.75) is 5.38 Å². The van der Waals surface area contributed by atoms with Crippen LogP contribution in [-0.4, -0.2) is 11.1 Å². The fraction of sp³-hybridized carbons (Fsp3) is 0.0714. The molecule has 3 aromatic rings. The lowest BCUT2D eigenvalue weighted by atomic mass is 10.1. The van der Waals surface area contributed by atoms with E-state index in [0.29, 0.717) is 11.1 Å². The highest BCUT2D eigenvalue weighted by molar-refractivity contribution is 6.30. The molecule has 0 aliphatic heterocycles. The predicted octanol–water partition coefficient (Wildman–Crippen LogP) is 3.95. The van der Waals surface area contributed by atoms with Crippen molar-refractivity contribution < 1.29 is 14.3 Å². The molecule has 3 rings (SSSR count). The van der Waals surface area contributed by atoms with Crippen molar-refractivity contribution in [1.82, 2.24) is 0 Å². The highest BCUT2D eigenvalue weighted by Crippen LogP contribution is 2.35. The van der Waals surface area contributed by atoms with Crippen LogP contribution < -0.4 is 0 Å². The van der Waals surface area contributed by atoms with E-state index in [1.165, 1.54) is 0 Å². The second-order valence-corrected chi connectivity index (χ2v) is 4.46. The average Bonchev–Trinajstić information content (AvgIpc) is 2.76. The summed E-state index contributed by atoms with van der Waals surface area (Å²) in [4.78, 5) is 11.0. The number of para-hydroxylation sites is 2. The van der Waals surface area contributed by atoms with E-state index in [-0.39, 0.29) is 0 Å². The largest absolute Gasteiger partial charge is 0.480 e. The highest BCUT2D eigenvalue weighted by Gasteiger charge is 2.21. The van der Waals surface area contributed by atoms with E-state index < -0.39 is 11.3 Å². The smallest absolute Gasteiger partial charge is 0.326 e. The molecule has 2 aromatic carbocycles. The Kier molecular flexibility index (Phi) is 2.49. The van der Waals surface area contributed by atoms with Crippen LogP contribution in [0.2, 0.25) is 0 Å². The Bertz CT molecular complexity index is 745. The first kappa shape index (κ1) is 11.1. The van der Waals surface area contributed by atoms with E-state index in [1.807, 2.05) is 30.3 Å². The number of benzene rings is 2. The monoisotopic (exact) mass is 260 g/mol. The number of fused-ring (bicyclic) bond motifs is 3. The van der Waals surface area contributed by atoms with Gasteiger partial charge in [-0.25, -0.2) is 0 Å². The zero-order valence-corrected chi connectivity index (χ0v) is 10.0. The van der Waals surface area contributed by atoms with E-state index in [1.54, 1.807) is 12.1 Å². The molecule has 1 N–H and O–H groups in total. The molecule has 0 radical (unpaired) electrons. The summed E-state index contributed by atoms with van der Waals surface area (Å²) in [6.07, 6.45) is 0. The molecule has 1 unspecified atom stereocenters. The number of carboxylic acids is 1. The third-order valence-electron chi connectivity index (χ3n) is 2.92. The van der Waals surface area contributed by atoms with Gasteiger partial charge in [-0.05, 0) is 6.07 Å². The second kappa shape index (κ2) is 4.03. The molecule has 1 aromatic heterocycles. The van der Waals surface area contributed by atoms with Crippen LogP contribution in [0.15, 0.2) is 46.9 Å². The van der Waals surface area contributed by atoms with Gasteiger partial charge in [-0.2, -0.15) is 0 Å². The third kappa shape index (κ3) is 1.56. The minimum atomic E-state index is -1.10. The van der Waals surface area contributed by atoms with Gasteiger partial charge in [0.25, 0.3) is 0 Å². The van der Waals surface area contributed by atoms with Crippen molar-refractivity contribution >= 4 is 39.5 Å². The fourth-order valence-electron chi connectivity index (χ4n) is 2.10. The summed E-state index contributed by atoms with van der Waals surface area (Å²) in [6.45, 7) is 0. The molecule has 1 heterocycles. The first-order valence-corrected chi connectivity index (χ1v) is 5.89. The molecule has 3 nitrogen and oxygen atoms in total. The van der Waals surface area contributed by atoms with Gasteiger partial charge >= 0.3 is 5.97 Å². The van der Waals surface area contributed by atoms with Gasteiger partial charge in [-0.15, -0.1) is 11.6 Å². The predicted molar refractivity (Wildman–Crippen MR) is 69.9 cm³/mol. The maximum atomic E-state index is 11.0. The van der Waals surface area contributed by atoms with Gasteiger partial charge in [0, 0.05) is 16.3 Å². The zero-order chi connectivity index (χ0) is 12.7. The Morgan fingerprint density at radius 2 is 1.83 bits per heavy atom. The fourth-order valence-corrected chi connectivity index (χ4v) is 2.27. The molecule has 0 aliphatic rings. The van der Waals surface area contributed by atoms with Crippen molar-refractivity contribution in [3.63, 3.8) is 0 Å². The lowest BCUT2D eigenvalue weighted by Crippen LogP contribution is -2.04. The Labute approximate surface area is 108 Å². The minimum absolute atomic E-state index is 0.484. The van der Waals surface area contributed by atoms with Gasteiger partial charge in [0.1, 0.15) is 11.2 Å². The number of carboxylic acid groups (broad SMARTS) is 1. The second-order valence-electron chi connectivity index (χ2n) is 4.02. The Balaban J connectivity index is 2.37. The van der Waals surface area contributed by atoms with E-state index in [0.717, 1.165) is 16.4 Å². The van der Waals surface area contributed by atoms with Crippen molar-refractivity contribution in [3.05, 3.63) is 48.0 Å². The first-order chi connectivity index (χ1) is 8.68. The molecule has 18 heavy (non-hydrogen) atoms. The number of hydrogen-bond acceptors (Lipinski definition) is 2. The summed E-state index contributed by atoms with van der Waals surface area (Å²) in [5, 5.41) is 9.74. The van der Waals surface area contributed by atoms with Gasteiger partial charge < -0.3 is 9.52 Å². The maximum absolute atomic E-state index is 11.0. The third-order valence-corrected chi connectivity index (χ3v) is 3.35. The molecule has 4 heteroatoms. The normalized spacial score (nSPS) is 12.9. The van der Waals surface area contributed by atoms with Crippen LogP contribution in [-0.2, 0) is 4.79 Å². The number of rotatable bonds is 2. The van der Waals surface area contributed by atoms with Crippen LogP contribution in [0.3, 0.4) is 0 Å². The number of aliphatic carboxylic acids is 1. The van der Waals surface area contributed by atoms with Crippen LogP contribution in [0.1, 0.15) is 10.9 Å². The van der Waals surface area contributed by atoms with Crippen LogP contribution in [0.5, 0.6) is 0 Å². The Morgan fingerprint density at radius 1 is 1.11 bits per heavy atom. The summed E-state index contributed by atoms with van der Waals surface area (Å²) in [6, 6.07) is 12.9. The number of halogens is 1. The molecule has 1 atom stereocenters. The molecule has 0 saturated carbocycles. The molecule has 0 aliphatic carbocycles. The quantitative estimate of drug-likeness (QED) is 0.710. The summed E-state index contributed by atoms with van der Waals surface area (Å²) in [7, 11) is 0. The van der Waals surface area contributed by atoms with Gasteiger partial charge in [0.2, 0.25) is 0 Å². The molecule has 0 saturated heterocycles. The molecule has 90 valence electrons. The molecule has 0 amide bonds. The van der Waals surface area contributed by atoms with Crippen LogP contribution >= 0.6 is 11.6 Å². The zero-order valence-electron chi connectivity index (χ0n) is 9.26. The van der Waals surface area contributed by atoms with Crippen LogP contribution in [0.4, 0.5) is 0 Å². The molecular weight excluding hydrogens is 252 g/mol. The summed E-state index contributed by atoms with van der Waals surface area (Å²) < 4.78 is 5.71. The van der Waals surface area contributed by atoms with Gasteiger partial charge in [-0.1, -0.05) is 36.4 Å². The summed E-state index contributed by atoms with van der Waals surface area (Å²) in [5.41, 5.74) is 1.76. The van der Waals surface area contributed by atoms with Crippen molar-refractivity contribution in [1.29, 1.82) is 0 Å². The molecule has 0 spiro atoms. The Morgan fingerprint density at radius 3 is 2.61 bits per heavy atom. The standard InChI is InChI=1S/C14H9ClO3/c15-12(14(16)17)10-6-3-5-9-8-4-1-2-7-11(8)18-13(9)10/h1-7,12H,(H,16,17). The number of furan rings is 1. The van der Waals surface area contributed by atoms with E-state index in [2.05, 4.69) is 0 Å². The number of carbonyl (C=O) groups is 1. The van der Waals surface area contributed by atoms with E-state index in [4.69, 9.17) is 21.1 Å². The van der Waals surface area contributed by atoms with E-state index >= 15 is 0 Å². The number of alkyl halides is 1. The lowest BCUT2D eigenvalue weighted by molar-refractivity contribution is -0.136. The number of hydrogen-bond donors (Lipinski definition) is 1. The minimum Gasteiger partial charge on any atom is -0.480 e. The van der Waals surface area contributed by atoms with Crippen molar-refractivity contribution in [2.75, 3.05) is 0 Å². The topological polar surface area (TPSA) is 50.4 Å². The lowest BCUT2D eigenvalue weighted by Gasteiger charge is -2.04. The van der Waals surface area contributed by atoms with Crippen molar-refractivity contribution in [2.24, 2.45) is 0 Å². The Hall–Kier alpha value is -2.00. The van der Waals surface area contributed by atoms with Crippen LogP contribution in [0, 0.1) is 0 Å².